The molecule has 2 aromatic heterocycles. The third kappa shape index (κ3) is 14.6. The number of aromatic nitrogens is 2. The molecular formula is C64H76Ir2N2O4-2. The number of pyridine rings is 2. The van der Waals surface area contributed by atoms with E-state index in [0.717, 1.165) is 34.4 Å². The zero-order chi connectivity index (χ0) is 50.3. The molecule has 4 saturated carbocycles. The summed E-state index contributed by atoms with van der Waals surface area (Å²) in [5, 5.41) is 23.0. The summed E-state index contributed by atoms with van der Waals surface area (Å²) in [5.41, 5.74) is 13.2. The van der Waals surface area contributed by atoms with Gasteiger partial charge in [0, 0.05) is 77.6 Å². The van der Waals surface area contributed by atoms with Gasteiger partial charge in [-0.3, -0.25) is 9.59 Å². The number of aliphatic hydroxyl groups is 2. The standard InChI is InChI=1S/2C24H24N.C11H20O2.C5H8O2.2Ir/c1-16-11-17(2)13-20(12-16)23-22-14-21(4-3-19(22)7-10-25-23)24-8-5-18(15-24)6-9-24;1-16-11-17(2)13-19(12-16)23-21-6-4-3-5-20(21)22(15-25-23)24-9-7-18(14-24)8-10-24;1-8(2)5-10(12)7-11(13)6-9(3)4;1-4(6)3-5(2)7;;/h3-4,7,10-12,14,18H,5-6,8-9,15H2,1-2H3;3-6,11-12,15,18H,7-10,14H2,1-2H3;7-9,12H,5-6H2,1-4H3;3,6H,1-2H3;;/q2*-1;;;;. The van der Waals surface area contributed by atoms with Crippen molar-refractivity contribution in [1.82, 2.24) is 9.97 Å². The van der Waals surface area contributed by atoms with E-state index in [9.17, 15) is 14.7 Å². The van der Waals surface area contributed by atoms with Gasteiger partial charge in [-0.15, -0.1) is 69.8 Å². The van der Waals surface area contributed by atoms with Crippen molar-refractivity contribution in [1.29, 1.82) is 0 Å². The van der Waals surface area contributed by atoms with E-state index in [2.05, 4.69) is 119 Å². The molecule has 10 rings (SSSR count). The molecule has 0 atom stereocenters. The van der Waals surface area contributed by atoms with Crippen LogP contribution in [0.25, 0.3) is 44.1 Å². The predicted octanol–water partition coefficient (Wildman–Crippen LogP) is 16.4. The van der Waals surface area contributed by atoms with E-state index in [1.165, 1.54) is 140 Å². The van der Waals surface area contributed by atoms with Crippen LogP contribution in [0.15, 0.2) is 109 Å². The summed E-state index contributed by atoms with van der Waals surface area (Å²) < 4.78 is 0. The molecule has 72 heavy (non-hydrogen) atoms. The van der Waals surface area contributed by atoms with Crippen LogP contribution in [-0.4, -0.2) is 31.7 Å². The molecule has 4 aliphatic carbocycles. The number of carbonyl (C=O) groups is 2. The molecule has 2 radical (unpaired) electrons. The summed E-state index contributed by atoms with van der Waals surface area (Å²) >= 11 is 0. The van der Waals surface area contributed by atoms with Gasteiger partial charge in [0.05, 0.1) is 11.5 Å². The average Bonchev–Trinajstić information content (AvgIpc) is 4.11. The first kappa shape index (κ1) is 58.3. The molecule has 8 heteroatoms. The van der Waals surface area contributed by atoms with Gasteiger partial charge in [-0.2, -0.15) is 0 Å². The molecular weight excluding hydrogens is 1250 g/mol. The maximum Gasteiger partial charge on any atom is 0.159 e. The summed E-state index contributed by atoms with van der Waals surface area (Å²) in [4.78, 5) is 31.0. The Morgan fingerprint density at radius 1 is 0.653 bits per heavy atom. The molecule has 0 aliphatic heterocycles. The van der Waals surface area contributed by atoms with E-state index in [-0.39, 0.29) is 63.3 Å². The van der Waals surface area contributed by atoms with Crippen molar-refractivity contribution in [3.05, 3.63) is 154 Å². The quantitative estimate of drug-likeness (QED) is 0.0805. The van der Waals surface area contributed by atoms with Crippen LogP contribution < -0.4 is 0 Å². The van der Waals surface area contributed by atoms with Crippen LogP contribution in [-0.2, 0) is 60.6 Å². The molecule has 4 bridgehead atoms. The number of aryl methyl sites for hydroxylation is 4. The van der Waals surface area contributed by atoms with Crippen LogP contribution >= 0.6 is 0 Å². The van der Waals surface area contributed by atoms with E-state index < -0.39 is 0 Å². The second-order valence-corrected chi connectivity index (χ2v) is 22.2. The Balaban J connectivity index is 0.000000194. The van der Waals surface area contributed by atoms with Crippen molar-refractivity contribution >= 4 is 33.1 Å². The zero-order valence-electron chi connectivity index (χ0n) is 44.3. The second-order valence-electron chi connectivity index (χ2n) is 22.2. The van der Waals surface area contributed by atoms with E-state index in [1.54, 1.807) is 5.56 Å². The second kappa shape index (κ2) is 25.6. The molecule has 4 fully saturated rings. The molecule has 4 aliphatic rings. The SMILES string of the molecule is CC(=O)C=C(C)O.CC(C)CC(=O)C=C(O)CC(C)C.Cc1[c-]c(-c2ncc(C34CCC(CC3)C4)c3ccccc23)cc(C)c1.Cc1[c-]c(-c2nccc3ccc(C45CCC(CC4)C5)cc23)cc(C)c1.[Ir].[Ir]. The maximum atomic E-state index is 11.2. The largest absolute Gasteiger partial charge is 0.512 e. The van der Waals surface area contributed by atoms with Crippen LogP contribution in [0.4, 0.5) is 0 Å². The van der Waals surface area contributed by atoms with Gasteiger partial charge in [-0.05, 0) is 163 Å². The number of hydrogen-bond donors (Lipinski definition) is 2. The zero-order valence-corrected chi connectivity index (χ0v) is 49.1. The molecule has 4 aromatic carbocycles. The first-order valence-corrected chi connectivity index (χ1v) is 25.9. The van der Waals surface area contributed by atoms with Crippen molar-refractivity contribution in [3.63, 3.8) is 0 Å². The first-order valence-electron chi connectivity index (χ1n) is 25.9. The van der Waals surface area contributed by atoms with Crippen molar-refractivity contribution in [2.24, 2.45) is 23.7 Å². The topological polar surface area (TPSA) is 100 Å². The number of nitrogens with zero attached hydrogens (tertiary/aromatic N) is 2. The summed E-state index contributed by atoms with van der Waals surface area (Å²) in [7, 11) is 0. The molecule has 386 valence electrons. The molecule has 6 aromatic rings. The van der Waals surface area contributed by atoms with Crippen molar-refractivity contribution in [2.75, 3.05) is 0 Å². The fourth-order valence-corrected chi connectivity index (χ4v) is 12.2. The Morgan fingerprint density at radius 2 is 1.18 bits per heavy atom. The molecule has 6 nitrogen and oxygen atoms in total. The van der Waals surface area contributed by atoms with Crippen LogP contribution in [0.3, 0.4) is 0 Å². The maximum absolute atomic E-state index is 11.2. The number of benzene rings is 4. The van der Waals surface area contributed by atoms with Crippen LogP contribution in [0.5, 0.6) is 0 Å². The Kier molecular flexibility index (Phi) is 20.7. The normalized spacial score (nSPS) is 20.7. The van der Waals surface area contributed by atoms with Crippen molar-refractivity contribution < 1.29 is 60.0 Å². The molecule has 0 saturated heterocycles. The summed E-state index contributed by atoms with van der Waals surface area (Å²) in [6, 6.07) is 33.9. The number of aliphatic hydroxyl groups excluding tert-OH is 2. The van der Waals surface area contributed by atoms with Gasteiger partial charge in [0.25, 0.3) is 0 Å². The van der Waals surface area contributed by atoms with Gasteiger partial charge in [0.1, 0.15) is 0 Å². The number of hydrogen-bond acceptors (Lipinski definition) is 6. The van der Waals surface area contributed by atoms with Gasteiger partial charge in [0.15, 0.2) is 11.6 Å². The van der Waals surface area contributed by atoms with Gasteiger partial charge < -0.3 is 20.2 Å². The molecule has 0 spiro atoms. The monoisotopic (exact) mass is 1320 g/mol. The number of fused-ring (bicyclic) bond motifs is 6. The fraction of sp³-hybridized carbons (Fsp3) is 0.438. The predicted molar refractivity (Wildman–Crippen MR) is 289 cm³/mol. The number of rotatable bonds is 10. The van der Waals surface area contributed by atoms with E-state index in [1.807, 2.05) is 33.9 Å². The minimum absolute atomic E-state index is 0. The first-order chi connectivity index (χ1) is 33.3. The van der Waals surface area contributed by atoms with Gasteiger partial charge >= 0.3 is 0 Å². The van der Waals surface area contributed by atoms with Crippen molar-refractivity contribution in [2.45, 2.75) is 157 Å². The van der Waals surface area contributed by atoms with E-state index in [0.29, 0.717) is 35.5 Å². The van der Waals surface area contributed by atoms with Crippen molar-refractivity contribution in [3.8, 4) is 22.5 Å². The average molecular weight is 1320 g/mol. The number of ketones is 2. The fourth-order valence-electron chi connectivity index (χ4n) is 12.2. The summed E-state index contributed by atoms with van der Waals surface area (Å²) in [5.74, 6) is 2.84. The smallest absolute Gasteiger partial charge is 0.159 e. The molecule has 2 heterocycles. The minimum Gasteiger partial charge on any atom is -0.512 e. The molecule has 2 N–H and O–H groups in total. The van der Waals surface area contributed by atoms with Gasteiger partial charge in [-0.25, -0.2) is 0 Å². The van der Waals surface area contributed by atoms with Crippen LogP contribution in [0.2, 0.25) is 0 Å². The minimum atomic E-state index is -0.125. The van der Waals surface area contributed by atoms with E-state index in [4.69, 9.17) is 15.1 Å². The summed E-state index contributed by atoms with van der Waals surface area (Å²) in [6.07, 6.45) is 21.6. The van der Waals surface area contributed by atoms with Gasteiger partial charge in [0.2, 0.25) is 0 Å². The number of carbonyl (C=O) groups excluding carboxylic acids is 2. The van der Waals surface area contributed by atoms with Crippen LogP contribution in [0.1, 0.15) is 152 Å². The third-order valence-corrected chi connectivity index (χ3v) is 15.0. The Morgan fingerprint density at radius 3 is 1.65 bits per heavy atom. The Labute approximate surface area is 457 Å². The van der Waals surface area contributed by atoms with Gasteiger partial charge in [-0.1, -0.05) is 97.9 Å². The Bertz CT molecular complexity index is 2800. The molecule has 0 amide bonds. The summed E-state index contributed by atoms with van der Waals surface area (Å²) in [6.45, 7) is 19.4. The van der Waals surface area contributed by atoms with E-state index >= 15 is 0 Å². The van der Waals surface area contributed by atoms with Crippen LogP contribution in [0, 0.1) is 63.5 Å². The number of allylic oxidation sites excluding steroid dienone is 4. The Hall–Kier alpha value is -4.58. The molecule has 0 unspecified atom stereocenters. The third-order valence-electron chi connectivity index (χ3n) is 15.0.